The Morgan fingerprint density at radius 1 is 0.800 bits per heavy atom. The van der Waals surface area contributed by atoms with Crippen LogP contribution in [0.2, 0.25) is 0 Å². The normalized spacial score (nSPS) is 15.2. The van der Waals surface area contributed by atoms with Gasteiger partial charge >= 0.3 is 49.6 Å². The molecule has 0 aromatic heterocycles. The van der Waals surface area contributed by atoms with Gasteiger partial charge in [0, 0.05) is 0 Å². The maximum atomic E-state index is 4.90. The molecule has 0 aliphatic heterocycles. The first-order valence-electron chi connectivity index (χ1n) is 0.456. The fourth-order valence-corrected chi connectivity index (χ4v) is 0. The predicted molar refractivity (Wildman–Crippen MR) is 23.4 cm³/mol. The molecular formula is Cl4Cu. The van der Waals surface area contributed by atoms with Gasteiger partial charge in [0.1, 0.15) is 0 Å². The molecule has 0 saturated carbocycles. The van der Waals surface area contributed by atoms with Crippen LogP contribution in [0, 0.1) is 0 Å². The van der Waals surface area contributed by atoms with Crippen LogP contribution in [0.4, 0.5) is 0 Å². The van der Waals surface area contributed by atoms with E-state index in [4.69, 9.17) is 40.4 Å². The van der Waals surface area contributed by atoms with E-state index in [0.717, 1.165) is 0 Å². The van der Waals surface area contributed by atoms with Crippen molar-refractivity contribution in [2.24, 2.45) is 0 Å². The molecular weight excluding hydrogens is 205 g/mol. The van der Waals surface area contributed by atoms with Crippen LogP contribution in [0.25, 0.3) is 0 Å². The Morgan fingerprint density at radius 2 is 0.800 bits per heavy atom. The van der Waals surface area contributed by atoms with Crippen molar-refractivity contribution in [1.29, 1.82) is 0 Å². The minimum absolute atomic E-state index is 2.24. The van der Waals surface area contributed by atoms with Gasteiger partial charge in [-0.15, -0.1) is 0 Å². The summed E-state index contributed by atoms with van der Waals surface area (Å²) in [5.74, 6) is 0. The van der Waals surface area contributed by atoms with E-state index in [1.54, 1.807) is 0 Å². The summed E-state index contributed by atoms with van der Waals surface area (Å²) in [6, 6.07) is 0. The molecule has 0 atom stereocenters. The summed E-state index contributed by atoms with van der Waals surface area (Å²) in [4.78, 5) is 0. The van der Waals surface area contributed by atoms with Gasteiger partial charge in [-0.3, -0.25) is 0 Å². The Labute approximate surface area is 49.5 Å². The third-order valence-electron chi connectivity index (χ3n) is 0. The second-order valence-corrected chi connectivity index (χ2v) is 9.59. The van der Waals surface area contributed by atoms with E-state index in [-0.39, 0.29) is 0 Å². The van der Waals surface area contributed by atoms with Crippen molar-refractivity contribution in [2.45, 2.75) is 0 Å². The Kier molecular flexibility index (Phi) is 2.82. The summed E-state index contributed by atoms with van der Waals surface area (Å²) in [5, 5.41) is 0. The standard InChI is InChI=1S/4ClH.Cu/h4*1H;/q;;;;+4/p-4. The molecule has 5 heteroatoms. The number of hydrogen-bond donors (Lipinski definition) is 0. The van der Waals surface area contributed by atoms with Crippen molar-refractivity contribution in [3.63, 3.8) is 0 Å². The molecule has 39 valence electrons. The Balaban J connectivity index is 3.02. The van der Waals surface area contributed by atoms with Crippen molar-refractivity contribution in [3.05, 3.63) is 0 Å². The SMILES string of the molecule is [Cl][Cu]([Cl])([Cl])[Cl]. The number of hydrogen-bond acceptors (Lipinski definition) is 0. The van der Waals surface area contributed by atoms with Gasteiger partial charge in [-0.1, -0.05) is 0 Å². The van der Waals surface area contributed by atoms with E-state index in [1.807, 2.05) is 0 Å². The van der Waals surface area contributed by atoms with Crippen LogP contribution in [0.3, 0.4) is 0 Å². The van der Waals surface area contributed by atoms with Gasteiger partial charge in [0.15, 0.2) is 0 Å². The van der Waals surface area contributed by atoms with Gasteiger partial charge in [0.25, 0.3) is 0 Å². The van der Waals surface area contributed by atoms with Crippen LogP contribution in [0.1, 0.15) is 0 Å². The van der Waals surface area contributed by atoms with Crippen LogP contribution in [0.5, 0.6) is 0 Å². The summed E-state index contributed by atoms with van der Waals surface area (Å²) in [6.07, 6.45) is 0. The van der Waals surface area contributed by atoms with Gasteiger partial charge in [-0.2, -0.15) is 0 Å². The van der Waals surface area contributed by atoms with E-state index in [0.29, 0.717) is 0 Å². The molecule has 0 unspecified atom stereocenters. The monoisotopic (exact) mass is 203 g/mol. The Bertz CT molecular complexity index is 19.1. The van der Waals surface area contributed by atoms with Crippen LogP contribution in [-0.2, 0) is 9.20 Å². The van der Waals surface area contributed by atoms with E-state index >= 15 is 0 Å². The second kappa shape index (κ2) is 2.11. The molecule has 0 radical (unpaired) electrons. The second-order valence-electron chi connectivity index (χ2n) is 0.258. The molecule has 0 nitrogen and oxygen atoms in total. The molecule has 0 aromatic carbocycles. The zero-order valence-electron chi connectivity index (χ0n) is 1.81. The van der Waals surface area contributed by atoms with Crippen LogP contribution < -0.4 is 0 Å². The van der Waals surface area contributed by atoms with Gasteiger partial charge in [-0.25, -0.2) is 0 Å². The molecule has 0 aliphatic carbocycles. The number of rotatable bonds is 0. The average Bonchev–Trinajstić information content (AvgIpc) is 0.722. The van der Waals surface area contributed by atoms with Crippen molar-refractivity contribution in [1.82, 2.24) is 0 Å². The molecule has 0 bridgehead atoms. The quantitative estimate of drug-likeness (QED) is 0.533. The Morgan fingerprint density at radius 3 is 0.800 bits per heavy atom. The van der Waals surface area contributed by atoms with E-state index in [2.05, 4.69) is 0 Å². The van der Waals surface area contributed by atoms with Crippen molar-refractivity contribution < 1.29 is 9.20 Å². The fourth-order valence-electron chi connectivity index (χ4n) is 0. The van der Waals surface area contributed by atoms with Crippen molar-refractivity contribution in [2.75, 3.05) is 0 Å². The first-order valence-corrected chi connectivity index (χ1v) is 5.64. The van der Waals surface area contributed by atoms with Gasteiger partial charge < -0.3 is 0 Å². The molecule has 0 fully saturated rings. The molecule has 0 aromatic rings. The molecule has 5 heavy (non-hydrogen) atoms. The minimum atomic E-state index is -2.24. The van der Waals surface area contributed by atoms with E-state index < -0.39 is 9.20 Å². The number of halogens is 4. The van der Waals surface area contributed by atoms with Crippen molar-refractivity contribution in [3.8, 4) is 0 Å². The first kappa shape index (κ1) is 6.68. The van der Waals surface area contributed by atoms with Crippen LogP contribution >= 0.6 is 40.4 Å². The van der Waals surface area contributed by atoms with Crippen LogP contribution in [0.15, 0.2) is 0 Å². The summed E-state index contributed by atoms with van der Waals surface area (Å²) in [6.45, 7) is 0. The zero-order valence-corrected chi connectivity index (χ0v) is 5.78. The fraction of sp³-hybridized carbons (Fsp3) is 0. The summed E-state index contributed by atoms with van der Waals surface area (Å²) in [5.41, 5.74) is 0. The summed E-state index contributed by atoms with van der Waals surface area (Å²) >= 11 is 0. The van der Waals surface area contributed by atoms with Crippen LogP contribution in [-0.4, -0.2) is 0 Å². The molecule has 0 amide bonds. The predicted octanol–water partition coefficient (Wildman–Crippen LogP) is 2.76. The van der Waals surface area contributed by atoms with Gasteiger partial charge in [0.05, 0.1) is 0 Å². The molecule has 0 heterocycles. The molecule has 0 aliphatic rings. The third-order valence-corrected chi connectivity index (χ3v) is 0. The average molecular weight is 205 g/mol. The molecule has 0 saturated heterocycles. The maximum absolute atomic E-state index is 4.90. The first-order chi connectivity index (χ1) is 2.00. The zero-order chi connectivity index (χ0) is 4.50. The Hall–Kier alpha value is 1.68. The van der Waals surface area contributed by atoms with Crippen molar-refractivity contribution >= 4 is 40.4 Å². The van der Waals surface area contributed by atoms with E-state index in [9.17, 15) is 0 Å². The molecule has 0 N–H and O–H groups in total. The topological polar surface area (TPSA) is 0 Å². The summed E-state index contributed by atoms with van der Waals surface area (Å²) < 4.78 is 0. The summed E-state index contributed by atoms with van der Waals surface area (Å²) in [7, 11) is 17.4. The molecule has 0 rings (SSSR count). The molecule has 0 spiro atoms. The van der Waals surface area contributed by atoms with E-state index in [1.165, 1.54) is 0 Å². The third kappa shape index (κ3) is 27.3. The van der Waals surface area contributed by atoms with Gasteiger partial charge in [0.2, 0.25) is 0 Å². The van der Waals surface area contributed by atoms with Gasteiger partial charge in [-0.05, 0) is 0 Å².